The van der Waals surface area contributed by atoms with Gasteiger partial charge in [0.15, 0.2) is 5.16 Å². The van der Waals surface area contributed by atoms with Crippen molar-refractivity contribution < 1.29 is 4.74 Å². The molecule has 0 saturated heterocycles. The molecule has 5 heteroatoms. The molecule has 0 N–H and O–H groups in total. The molecule has 166 valence electrons. The third kappa shape index (κ3) is 4.54. The maximum atomic E-state index is 14.0. The SMILES string of the molecule is C=C(C)Cn1c(SCOCCCC)nc2c(c1=O)C1(CCCCC1)Cc1ccccc1-2. The molecule has 2 aromatic rings. The van der Waals surface area contributed by atoms with E-state index in [9.17, 15) is 4.79 Å². The van der Waals surface area contributed by atoms with Gasteiger partial charge in [0.2, 0.25) is 0 Å². The van der Waals surface area contributed by atoms with Crippen molar-refractivity contribution in [2.24, 2.45) is 0 Å². The van der Waals surface area contributed by atoms with Gasteiger partial charge >= 0.3 is 0 Å². The van der Waals surface area contributed by atoms with Crippen LogP contribution in [0.15, 0.2) is 46.4 Å². The Morgan fingerprint density at radius 1 is 1.26 bits per heavy atom. The fourth-order valence-corrected chi connectivity index (χ4v) is 5.91. The highest BCUT2D eigenvalue weighted by molar-refractivity contribution is 7.99. The van der Waals surface area contributed by atoms with Crippen LogP contribution in [0.5, 0.6) is 0 Å². The molecular weight excluding hydrogens is 404 g/mol. The first-order chi connectivity index (χ1) is 15.1. The lowest BCUT2D eigenvalue weighted by Crippen LogP contribution is -2.43. The molecule has 1 fully saturated rings. The zero-order valence-corrected chi connectivity index (χ0v) is 19.7. The molecule has 4 rings (SSSR count). The van der Waals surface area contributed by atoms with Crippen LogP contribution in [-0.2, 0) is 23.1 Å². The molecule has 1 spiro atoms. The Hall–Kier alpha value is -1.85. The van der Waals surface area contributed by atoms with Crippen LogP contribution >= 0.6 is 11.8 Å². The molecule has 0 radical (unpaired) electrons. The number of hydrogen-bond donors (Lipinski definition) is 0. The highest BCUT2D eigenvalue weighted by Crippen LogP contribution is 2.48. The lowest BCUT2D eigenvalue weighted by atomic mass is 9.62. The minimum absolute atomic E-state index is 0.0797. The summed E-state index contributed by atoms with van der Waals surface area (Å²) in [5.41, 5.74) is 5.32. The minimum atomic E-state index is -0.0797. The van der Waals surface area contributed by atoms with Crippen LogP contribution in [0.2, 0.25) is 0 Å². The fourth-order valence-electron chi connectivity index (χ4n) is 5.14. The maximum absolute atomic E-state index is 14.0. The van der Waals surface area contributed by atoms with E-state index in [-0.39, 0.29) is 11.0 Å². The molecule has 1 heterocycles. The molecule has 1 saturated carbocycles. The zero-order valence-electron chi connectivity index (χ0n) is 18.9. The van der Waals surface area contributed by atoms with Gasteiger partial charge in [-0.15, -0.1) is 0 Å². The molecule has 0 bridgehead atoms. The van der Waals surface area contributed by atoms with Crippen LogP contribution in [0.1, 0.15) is 69.9 Å². The summed E-state index contributed by atoms with van der Waals surface area (Å²) in [6.07, 6.45) is 8.89. The summed E-state index contributed by atoms with van der Waals surface area (Å²) in [5.74, 6) is 0.508. The Labute approximate surface area is 190 Å². The Balaban J connectivity index is 1.83. The minimum Gasteiger partial charge on any atom is -0.370 e. The second-order valence-corrected chi connectivity index (χ2v) is 10.1. The molecule has 0 unspecified atom stereocenters. The second kappa shape index (κ2) is 9.74. The molecule has 4 nitrogen and oxygen atoms in total. The molecular formula is C26H34N2O2S. The summed E-state index contributed by atoms with van der Waals surface area (Å²) in [6, 6.07) is 8.52. The van der Waals surface area contributed by atoms with Gasteiger partial charge in [-0.1, -0.05) is 80.8 Å². The highest BCUT2D eigenvalue weighted by atomic mass is 32.2. The van der Waals surface area contributed by atoms with Crippen molar-refractivity contribution in [2.75, 3.05) is 12.5 Å². The summed E-state index contributed by atoms with van der Waals surface area (Å²) >= 11 is 1.52. The van der Waals surface area contributed by atoms with Crippen molar-refractivity contribution in [2.45, 2.75) is 82.3 Å². The van der Waals surface area contributed by atoms with Crippen LogP contribution in [-0.4, -0.2) is 22.1 Å². The van der Waals surface area contributed by atoms with E-state index in [1.165, 1.54) is 36.6 Å². The fraction of sp³-hybridized carbons (Fsp3) is 0.538. The van der Waals surface area contributed by atoms with Crippen molar-refractivity contribution in [1.82, 2.24) is 9.55 Å². The second-order valence-electron chi connectivity index (χ2n) is 9.17. The Morgan fingerprint density at radius 3 is 2.77 bits per heavy atom. The number of thioether (sulfide) groups is 1. The number of rotatable bonds is 8. The molecule has 2 aliphatic carbocycles. The Bertz CT molecular complexity index is 1000. The van der Waals surface area contributed by atoms with Gasteiger partial charge in [-0.05, 0) is 38.2 Å². The average Bonchev–Trinajstić information content (AvgIpc) is 2.76. The standard InChI is InChI=1S/C26H34N2O2S/c1-4-5-15-30-18-31-25-27-23-21-12-8-7-11-20(21)16-26(13-9-6-10-14-26)22(23)24(29)28(25)17-19(2)3/h7-8,11-12H,2,4-6,9-10,13-18H2,1,3H3. The van der Waals surface area contributed by atoms with Crippen molar-refractivity contribution >= 4 is 11.8 Å². The lowest BCUT2D eigenvalue weighted by Gasteiger charge is -2.42. The lowest BCUT2D eigenvalue weighted by molar-refractivity contribution is 0.178. The van der Waals surface area contributed by atoms with Crippen LogP contribution in [0.3, 0.4) is 0 Å². The Kier molecular flexibility index (Phi) is 7.02. The predicted molar refractivity (Wildman–Crippen MR) is 129 cm³/mol. The number of ether oxygens (including phenoxy) is 1. The van der Waals surface area contributed by atoms with Crippen molar-refractivity contribution in [1.29, 1.82) is 0 Å². The van der Waals surface area contributed by atoms with E-state index in [4.69, 9.17) is 9.72 Å². The molecule has 1 aromatic carbocycles. The number of hydrogen-bond acceptors (Lipinski definition) is 4. The van der Waals surface area contributed by atoms with E-state index in [0.29, 0.717) is 12.5 Å². The van der Waals surface area contributed by atoms with Gasteiger partial charge < -0.3 is 4.74 Å². The van der Waals surface area contributed by atoms with Gasteiger partial charge in [-0.25, -0.2) is 4.98 Å². The van der Waals surface area contributed by atoms with E-state index in [1.807, 2.05) is 11.5 Å². The smallest absolute Gasteiger partial charge is 0.258 e. The first-order valence-corrected chi connectivity index (χ1v) is 12.6. The van der Waals surface area contributed by atoms with E-state index < -0.39 is 0 Å². The van der Waals surface area contributed by atoms with Crippen LogP contribution in [0, 0.1) is 0 Å². The van der Waals surface area contributed by atoms with Gasteiger partial charge in [0.25, 0.3) is 5.56 Å². The van der Waals surface area contributed by atoms with E-state index in [1.54, 1.807) is 0 Å². The number of aromatic nitrogens is 2. The van der Waals surface area contributed by atoms with E-state index in [0.717, 1.165) is 66.3 Å². The summed E-state index contributed by atoms with van der Waals surface area (Å²) in [6.45, 7) is 9.46. The summed E-state index contributed by atoms with van der Waals surface area (Å²) < 4.78 is 7.63. The zero-order chi connectivity index (χ0) is 21.8. The van der Waals surface area contributed by atoms with Gasteiger partial charge in [0, 0.05) is 24.1 Å². The molecule has 1 aromatic heterocycles. The predicted octanol–water partition coefficient (Wildman–Crippen LogP) is 6.11. The number of nitrogens with zero attached hydrogens (tertiary/aromatic N) is 2. The third-order valence-corrected chi connectivity index (χ3v) is 7.47. The van der Waals surface area contributed by atoms with Gasteiger partial charge in [-0.3, -0.25) is 9.36 Å². The maximum Gasteiger partial charge on any atom is 0.258 e. The first-order valence-electron chi connectivity index (χ1n) is 11.6. The van der Waals surface area contributed by atoms with E-state index in [2.05, 4.69) is 37.8 Å². The topological polar surface area (TPSA) is 44.1 Å². The van der Waals surface area contributed by atoms with Crippen LogP contribution in [0.4, 0.5) is 0 Å². The van der Waals surface area contributed by atoms with E-state index >= 15 is 0 Å². The quantitative estimate of drug-likeness (QED) is 0.164. The van der Waals surface area contributed by atoms with Crippen molar-refractivity contribution in [3.05, 3.63) is 57.9 Å². The number of fused-ring (bicyclic) bond motifs is 4. The number of benzene rings is 1. The first kappa shape index (κ1) is 22.3. The molecule has 31 heavy (non-hydrogen) atoms. The van der Waals surface area contributed by atoms with Gasteiger partial charge in [0.1, 0.15) is 0 Å². The van der Waals surface area contributed by atoms with Crippen molar-refractivity contribution in [3.63, 3.8) is 0 Å². The molecule has 0 amide bonds. The summed E-state index contributed by atoms with van der Waals surface area (Å²) in [7, 11) is 0. The summed E-state index contributed by atoms with van der Waals surface area (Å²) in [4.78, 5) is 19.2. The normalized spacial score (nSPS) is 16.7. The Morgan fingerprint density at radius 2 is 2.03 bits per heavy atom. The van der Waals surface area contributed by atoms with Crippen LogP contribution < -0.4 is 5.56 Å². The molecule has 2 aliphatic rings. The molecule has 0 aliphatic heterocycles. The van der Waals surface area contributed by atoms with Crippen LogP contribution in [0.25, 0.3) is 11.3 Å². The van der Waals surface area contributed by atoms with Gasteiger partial charge in [0.05, 0.1) is 17.2 Å². The number of allylic oxidation sites excluding steroid dienone is 1. The number of unbranched alkanes of at least 4 members (excludes halogenated alkanes) is 1. The van der Waals surface area contributed by atoms with Gasteiger partial charge in [-0.2, -0.15) is 0 Å². The molecule has 0 atom stereocenters. The highest BCUT2D eigenvalue weighted by Gasteiger charge is 2.43. The van der Waals surface area contributed by atoms with Crippen molar-refractivity contribution in [3.8, 4) is 11.3 Å². The average molecular weight is 439 g/mol. The third-order valence-electron chi connectivity index (χ3n) is 6.62. The monoisotopic (exact) mass is 438 g/mol. The largest absolute Gasteiger partial charge is 0.370 e. The summed E-state index contributed by atoms with van der Waals surface area (Å²) in [5, 5.41) is 0.742.